The molecule has 1 saturated heterocycles. The lowest BCUT2D eigenvalue weighted by atomic mass is 10.0. The molecule has 0 bridgehead atoms. The summed E-state index contributed by atoms with van der Waals surface area (Å²) in [5, 5.41) is 6.47. The molecule has 2 N–H and O–H groups in total. The quantitative estimate of drug-likeness (QED) is 0.358. The molecule has 1 aliphatic heterocycles. The van der Waals surface area contributed by atoms with Crippen molar-refractivity contribution < 1.29 is 17.9 Å². The molecule has 1 fully saturated rings. The van der Waals surface area contributed by atoms with E-state index in [4.69, 9.17) is 4.74 Å². The lowest BCUT2D eigenvalue weighted by molar-refractivity contribution is -0.143. The molecule has 27 heavy (non-hydrogen) atoms. The Morgan fingerprint density at radius 1 is 1.37 bits per heavy atom. The van der Waals surface area contributed by atoms with Crippen molar-refractivity contribution in [2.24, 2.45) is 4.99 Å². The van der Waals surface area contributed by atoms with E-state index in [9.17, 15) is 13.2 Å². The molecule has 0 amide bonds. The molecule has 1 heterocycles. The SMILES string of the molecule is CN=C(NCC(C)c1ccccc1OC)NC1CCN(CC(F)(F)F)C1.I. The standard InChI is InChI=1S/C18H27F3N4O.HI/c1-13(15-6-4-5-7-16(15)26-3)10-23-17(22-2)24-14-8-9-25(11-14)12-18(19,20)21;/h4-7,13-14H,8-12H2,1-3H3,(H2,22,23,24);1H. The summed E-state index contributed by atoms with van der Waals surface area (Å²) < 4.78 is 42.9. The second kappa shape index (κ2) is 10.9. The first-order valence-electron chi connectivity index (χ1n) is 8.71. The molecule has 1 aromatic rings. The Labute approximate surface area is 175 Å². The zero-order valence-corrected chi connectivity index (χ0v) is 18.2. The van der Waals surface area contributed by atoms with Gasteiger partial charge >= 0.3 is 6.18 Å². The van der Waals surface area contributed by atoms with Gasteiger partial charge in [0.1, 0.15) is 5.75 Å². The molecule has 1 aliphatic rings. The fourth-order valence-corrected chi connectivity index (χ4v) is 3.17. The predicted molar refractivity (Wildman–Crippen MR) is 112 cm³/mol. The van der Waals surface area contributed by atoms with Gasteiger partial charge in [-0.05, 0) is 18.1 Å². The third kappa shape index (κ3) is 7.73. The summed E-state index contributed by atoms with van der Waals surface area (Å²) in [4.78, 5) is 5.60. The van der Waals surface area contributed by atoms with E-state index in [0.717, 1.165) is 11.3 Å². The van der Waals surface area contributed by atoms with Crippen molar-refractivity contribution >= 4 is 29.9 Å². The molecule has 0 spiro atoms. The second-order valence-corrected chi connectivity index (χ2v) is 6.58. The second-order valence-electron chi connectivity index (χ2n) is 6.58. The molecular weight excluding hydrogens is 472 g/mol. The van der Waals surface area contributed by atoms with Crippen LogP contribution < -0.4 is 15.4 Å². The number of rotatable bonds is 6. The van der Waals surface area contributed by atoms with Gasteiger partial charge in [-0.3, -0.25) is 9.89 Å². The van der Waals surface area contributed by atoms with E-state index in [0.29, 0.717) is 32.0 Å². The minimum Gasteiger partial charge on any atom is -0.496 e. The van der Waals surface area contributed by atoms with Gasteiger partial charge in [-0.1, -0.05) is 25.1 Å². The number of halogens is 4. The first-order valence-corrected chi connectivity index (χ1v) is 8.71. The van der Waals surface area contributed by atoms with Crippen LogP contribution in [0.1, 0.15) is 24.8 Å². The lowest BCUT2D eigenvalue weighted by Crippen LogP contribution is -2.46. The predicted octanol–water partition coefficient (Wildman–Crippen LogP) is 3.22. The molecule has 0 aromatic heterocycles. The molecule has 0 aliphatic carbocycles. The van der Waals surface area contributed by atoms with Crippen LogP contribution in [0.3, 0.4) is 0 Å². The largest absolute Gasteiger partial charge is 0.496 e. The van der Waals surface area contributed by atoms with Crippen molar-refractivity contribution in [1.82, 2.24) is 15.5 Å². The Morgan fingerprint density at radius 3 is 2.70 bits per heavy atom. The Balaban J connectivity index is 0.00000364. The van der Waals surface area contributed by atoms with Crippen LogP contribution in [0.2, 0.25) is 0 Å². The molecule has 1 aromatic carbocycles. The third-order valence-electron chi connectivity index (χ3n) is 4.49. The Morgan fingerprint density at radius 2 is 2.07 bits per heavy atom. The summed E-state index contributed by atoms with van der Waals surface area (Å²) in [6, 6.07) is 7.80. The molecule has 2 unspecified atom stereocenters. The number of hydrogen-bond donors (Lipinski definition) is 2. The average molecular weight is 500 g/mol. The smallest absolute Gasteiger partial charge is 0.401 e. The minimum atomic E-state index is -4.15. The zero-order chi connectivity index (χ0) is 19.2. The van der Waals surface area contributed by atoms with Crippen LogP contribution in [0.15, 0.2) is 29.3 Å². The molecular formula is C18H28F3IN4O. The Bertz CT molecular complexity index is 613. The van der Waals surface area contributed by atoms with Crippen molar-refractivity contribution in [1.29, 1.82) is 0 Å². The van der Waals surface area contributed by atoms with Gasteiger partial charge in [0.25, 0.3) is 0 Å². The number of guanidine groups is 1. The fraction of sp³-hybridized carbons (Fsp3) is 0.611. The van der Waals surface area contributed by atoms with Gasteiger partial charge in [-0.15, -0.1) is 24.0 Å². The molecule has 2 rings (SSSR count). The van der Waals surface area contributed by atoms with Crippen LogP contribution in [-0.2, 0) is 0 Å². The van der Waals surface area contributed by atoms with Crippen LogP contribution in [0.4, 0.5) is 13.2 Å². The van der Waals surface area contributed by atoms with E-state index in [1.807, 2.05) is 24.3 Å². The van der Waals surface area contributed by atoms with Gasteiger partial charge in [-0.2, -0.15) is 13.2 Å². The number of aliphatic imine (C=N–C) groups is 1. The van der Waals surface area contributed by atoms with Crippen LogP contribution in [0.5, 0.6) is 5.75 Å². The van der Waals surface area contributed by atoms with Crippen LogP contribution in [0.25, 0.3) is 0 Å². The summed E-state index contributed by atoms with van der Waals surface area (Å²) >= 11 is 0. The van der Waals surface area contributed by atoms with Crippen molar-refractivity contribution in [2.45, 2.75) is 31.5 Å². The fourth-order valence-electron chi connectivity index (χ4n) is 3.17. The van der Waals surface area contributed by atoms with E-state index < -0.39 is 12.7 Å². The first kappa shape index (κ1) is 23.8. The van der Waals surface area contributed by atoms with Crippen molar-refractivity contribution in [3.63, 3.8) is 0 Å². The van der Waals surface area contributed by atoms with E-state index in [1.165, 1.54) is 4.90 Å². The number of hydrogen-bond acceptors (Lipinski definition) is 3. The van der Waals surface area contributed by atoms with Crippen LogP contribution >= 0.6 is 24.0 Å². The van der Waals surface area contributed by atoms with Crippen LogP contribution in [0, 0.1) is 0 Å². The summed E-state index contributed by atoms with van der Waals surface area (Å²) in [5.74, 6) is 1.63. The van der Waals surface area contributed by atoms with E-state index in [1.54, 1.807) is 14.2 Å². The van der Waals surface area contributed by atoms with E-state index in [2.05, 4.69) is 22.5 Å². The first-order chi connectivity index (χ1) is 12.3. The van der Waals surface area contributed by atoms with Gasteiger partial charge in [0.15, 0.2) is 5.96 Å². The van der Waals surface area contributed by atoms with Crippen molar-refractivity contribution in [3.05, 3.63) is 29.8 Å². The number of ether oxygens (including phenoxy) is 1. The number of alkyl halides is 3. The lowest BCUT2D eigenvalue weighted by Gasteiger charge is -2.21. The highest BCUT2D eigenvalue weighted by atomic mass is 127. The van der Waals surface area contributed by atoms with E-state index in [-0.39, 0.29) is 35.9 Å². The van der Waals surface area contributed by atoms with Gasteiger partial charge in [0.05, 0.1) is 13.7 Å². The highest BCUT2D eigenvalue weighted by Gasteiger charge is 2.34. The number of nitrogens with one attached hydrogen (secondary N) is 2. The van der Waals surface area contributed by atoms with Gasteiger partial charge in [0.2, 0.25) is 0 Å². The molecule has 9 heteroatoms. The molecule has 0 saturated carbocycles. The van der Waals surface area contributed by atoms with Crippen LogP contribution in [-0.4, -0.2) is 63.4 Å². The minimum absolute atomic E-state index is 0. The van der Waals surface area contributed by atoms with Gasteiger partial charge in [-0.25, -0.2) is 0 Å². The van der Waals surface area contributed by atoms with Gasteiger partial charge in [0, 0.05) is 38.6 Å². The highest BCUT2D eigenvalue weighted by Crippen LogP contribution is 2.25. The van der Waals surface area contributed by atoms with Gasteiger partial charge < -0.3 is 15.4 Å². The Kier molecular flexibility index (Phi) is 9.65. The topological polar surface area (TPSA) is 48.9 Å². The molecule has 5 nitrogen and oxygen atoms in total. The normalized spacial score (nSPS) is 19.3. The maximum Gasteiger partial charge on any atom is 0.401 e. The summed E-state index contributed by atoms with van der Waals surface area (Å²) in [7, 11) is 3.30. The average Bonchev–Trinajstić information content (AvgIpc) is 3.03. The maximum absolute atomic E-state index is 12.5. The Hall–Kier alpha value is -1.23. The molecule has 154 valence electrons. The van der Waals surface area contributed by atoms with Crippen molar-refractivity contribution in [3.8, 4) is 5.75 Å². The number of likely N-dealkylation sites (tertiary alicyclic amines) is 1. The number of benzene rings is 1. The monoisotopic (exact) mass is 500 g/mol. The number of nitrogens with zero attached hydrogens (tertiary/aromatic N) is 2. The molecule has 0 radical (unpaired) electrons. The summed E-state index contributed by atoms with van der Waals surface area (Å²) in [6.45, 7) is 2.66. The number of para-hydroxylation sites is 1. The summed E-state index contributed by atoms with van der Waals surface area (Å²) in [6.07, 6.45) is -3.49. The summed E-state index contributed by atoms with van der Waals surface area (Å²) in [5.41, 5.74) is 1.09. The maximum atomic E-state index is 12.5. The molecule has 2 atom stereocenters. The number of methoxy groups -OCH3 is 1. The third-order valence-corrected chi connectivity index (χ3v) is 4.49. The highest BCUT2D eigenvalue weighted by molar-refractivity contribution is 14.0. The van der Waals surface area contributed by atoms with E-state index >= 15 is 0 Å². The zero-order valence-electron chi connectivity index (χ0n) is 15.8. The van der Waals surface area contributed by atoms with Crippen molar-refractivity contribution in [2.75, 3.05) is 40.3 Å².